The zero-order chi connectivity index (χ0) is 57.7. The van der Waals surface area contributed by atoms with Crippen LogP contribution in [0.2, 0.25) is 0 Å². The minimum Gasteiger partial charge on any atom is -0.485 e. The third-order valence-corrected chi connectivity index (χ3v) is 16.2. The van der Waals surface area contributed by atoms with Gasteiger partial charge in [-0.1, -0.05) is 15.9 Å². The molecule has 6 atom stereocenters. The quantitative estimate of drug-likeness (QED) is 0.0855. The van der Waals surface area contributed by atoms with E-state index in [1.165, 1.54) is 12.4 Å². The molecule has 3 aromatic carbocycles. The summed E-state index contributed by atoms with van der Waals surface area (Å²) in [6, 6.07) is 21.2. The Morgan fingerprint density at radius 1 is 0.518 bits per heavy atom. The molecule has 6 N–H and O–H groups in total. The van der Waals surface area contributed by atoms with E-state index in [2.05, 4.69) is 109 Å². The highest BCUT2D eigenvalue weighted by Gasteiger charge is 2.41. The molecule has 83 heavy (non-hydrogen) atoms. The van der Waals surface area contributed by atoms with Gasteiger partial charge in [0.25, 0.3) is 17.7 Å². The number of rotatable bonds is 0. The summed E-state index contributed by atoms with van der Waals surface area (Å²) in [7, 11) is 0. The minimum atomic E-state index is -0.590. The van der Waals surface area contributed by atoms with Gasteiger partial charge in [-0.2, -0.15) is 25.8 Å². The highest BCUT2D eigenvalue weighted by atomic mass is 79.9. The lowest BCUT2D eigenvalue weighted by molar-refractivity contribution is 0.0836. The molecule has 0 radical (unpaired) electrons. The van der Waals surface area contributed by atoms with Crippen LogP contribution in [0.5, 0.6) is 17.2 Å². The summed E-state index contributed by atoms with van der Waals surface area (Å²) >= 11 is 3.61. The first-order valence-corrected chi connectivity index (χ1v) is 27.8. The Labute approximate surface area is 482 Å². The molecule has 6 aliphatic rings. The first-order valence-electron chi connectivity index (χ1n) is 27.0. The fourth-order valence-electron chi connectivity index (χ4n) is 11.6. The molecular formula is C59H54BrN17O6. The average Bonchev–Trinajstić information content (AvgIpc) is 3.74. The van der Waals surface area contributed by atoms with Crippen LogP contribution in [0.15, 0.2) is 96.3 Å². The van der Waals surface area contributed by atoms with Gasteiger partial charge in [-0.05, 0) is 113 Å². The van der Waals surface area contributed by atoms with Crippen LogP contribution in [0, 0.1) is 22.7 Å². The molecule has 23 nitrogen and oxygen atoms in total. The van der Waals surface area contributed by atoms with Crippen molar-refractivity contribution in [1.82, 2.24) is 59.7 Å². The number of nitriles is 2. The number of nitrogens with one attached hydrogen (secondary N) is 6. The molecule has 0 spiro atoms. The number of ether oxygens (including phenoxy) is 3. The number of carbonyl (C=O) groups excluding carboxylic acids is 3. The molecule has 0 saturated heterocycles. The number of benzene rings is 3. The minimum absolute atomic E-state index is 0.0238. The zero-order valence-corrected chi connectivity index (χ0v) is 47.5. The molecule has 6 aromatic heterocycles. The van der Waals surface area contributed by atoms with Crippen LogP contribution < -0.4 is 46.1 Å². The second-order valence-corrected chi connectivity index (χ2v) is 23.5. The van der Waals surface area contributed by atoms with Gasteiger partial charge in [0, 0.05) is 59.0 Å². The second kappa shape index (κ2) is 19.7. The summed E-state index contributed by atoms with van der Waals surface area (Å²) in [6.07, 6.45) is 11.9. The largest absolute Gasteiger partial charge is 0.485 e. The molecule has 24 heteroatoms. The van der Waals surface area contributed by atoms with Gasteiger partial charge in [-0.25, -0.2) is 28.5 Å². The summed E-state index contributed by atoms with van der Waals surface area (Å²) in [5, 5.41) is 50.6. The van der Waals surface area contributed by atoms with E-state index in [-0.39, 0.29) is 35.8 Å². The first-order chi connectivity index (χ1) is 39.8. The van der Waals surface area contributed by atoms with E-state index in [1.807, 2.05) is 65.0 Å². The van der Waals surface area contributed by atoms with Crippen molar-refractivity contribution in [3.8, 4) is 29.4 Å². The lowest BCUT2D eigenvalue weighted by Gasteiger charge is -2.25. The van der Waals surface area contributed by atoms with Crippen molar-refractivity contribution < 1.29 is 28.6 Å². The summed E-state index contributed by atoms with van der Waals surface area (Å²) in [4.78, 5) is 52.0. The Morgan fingerprint density at radius 2 is 0.843 bits per heavy atom. The monoisotopic (exact) mass is 1180 g/mol. The fourth-order valence-corrected chi connectivity index (χ4v) is 12.2. The number of halogens is 1. The molecule has 12 heterocycles. The lowest BCUT2D eigenvalue weighted by atomic mass is 9.95. The predicted octanol–water partition coefficient (Wildman–Crippen LogP) is 7.52. The van der Waals surface area contributed by atoms with Gasteiger partial charge in [-0.3, -0.25) is 14.4 Å². The molecule has 15 rings (SSSR count). The van der Waals surface area contributed by atoms with Gasteiger partial charge in [0.1, 0.15) is 68.2 Å². The van der Waals surface area contributed by atoms with Crippen molar-refractivity contribution in [3.63, 3.8) is 0 Å². The Kier molecular flexibility index (Phi) is 12.5. The normalized spacial score (nSPS) is 23.3. The van der Waals surface area contributed by atoms with Gasteiger partial charge in [0.15, 0.2) is 16.9 Å². The molecule has 418 valence electrons. The first kappa shape index (κ1) is 52.6. The van der Waals surface area contributed by atoms with E-state index < -0.39 is 16.8 Å². The molecule has 6 aliphatic heterocycles. The van der Waals surface area contributed by atoms with Crippen LogP contribution in [0.3, 0.4) is 0 Å². The number of amides is 3. The standard InChI is InChI=1S/2C20H18N6O2.C19H18BrN5O2/c2*1-11-14-6-12(8-21)5-13-7-20(2,28-17(13)14)10-22-19(27)15-9-23-26-4-3-16(24-11)25-18(15)26;1-10-13-6-12(20)5-11-7-19(2,27-16(11)13)9-21-18(26)14-8-22-25-4-3-15(23-10)24-17(14)25/h2*3-6,9,11H,7,10H2,1-2H3,(H,22,27)(H,24,25);3-6,8,10H,7,9H2,1-2H3,(H,21,26)(H,23,24)/t2*11-,20?;10-,19?/m111/s1. The van der Waals surface area contributed by atoms with E-state index in [9.17, 15) is 24.9 Å². The summed E-state index contributed by atoms with van der Waals surface area (Å²) in [6.45, 7) is 13.1. The molecule has 0 saturated carbocycles. The van der Waals surface area contributed by atoms with Crippen molar-refractivity contribution in [1.29, 1.82) is 10.5 Å². The molecule has 12 bridgehead atoms. The maximum Gasteiger partial charge on any atom is 0.256 e. The smallest absolute Gasteiger partial charge is 0.256 e. The van der Waals surface area contributed by atoms with Crippen molar-refractivity contribution in [2.75, 3.05) is 35.6 Å². The molecule has 0 fully saturated rings. The van der Waals surface area contributed by atoms with Gasteiger partial charge in [0.05, 0.1) is 79.6 Å². The zero-order valence-electron chi connectivity index (χ0n) is 45.9. The van der Waals surface area contributed by atoms with Gasteiger partial charge in [0.2, 0.25) is 0 Å². The Balaban J connectivity index is 0.000000117. The van der Waals surface area contributed by atoms with Crippen LogP contribution in [0.25, 0.3) is 16.9 Å². The third kappa shape index (κ3) is 9.63. The van der Waals surface area contributed by atoms with Crippen LogP contribution in [-0.4, -0.2) is 98.0 Å². The summed E-state index contributed by atoms with van der Waals surface area (Å²) < 4.78 is 24.8. The van der Waals surface area contributed by atoms with Crippen LogP contribution in [0.1, 0.15) is 135 Å². The van der Waals surface area contributed by atoms with E-state index >= 15 is 0 Å². The van der Waals surface area contributed by atoms with Crippen molar-refractivity contribution in [3.05, 3.63) is 157 Å². The molecular weight excluding hydrogens is 1120 g/mol. The molecule has 3 amide bonds. The van der Waals surface area contributed by atoms with E-state index in [0.717, 1.165) is 61.5 Å². The van der Waals surface area contributed by atoms with Gasteiger partial charge in [-0.15, -0.1) is 0 Å². The predicted molar refractivity (Wildman–Crippen MR) is 307 cm³/mol. The van der Waals surface area contributed by atoms with E-state index in [4.69, 9.17) is 14.2 Å². The van der Waals surface area contributed by atoms with Crippen molar-refractivity contribution >= 4 is 68.0 Å². The number of carbonyl (C=O) groups is 3. The number of fused-ring (bicyclic) bond motifs is 6. The van der Waals surface area contributed by atoms with Crippen LogP contribution >= 0.6 is 15.9 Å². The Hall–Kier alpha value is -9.81. The number of anilines is 3. The SMILES string of the molecule is C[C@H]1Nc2ccn3ncc(c3n2)C(=O)NCC2(C)Cc3cc(Br)cc1c3O2.C[C@H]1Nc2ccn3ncc(c3n2)C(=O)NCC2(C)Cc3cc(C#N)cc1c3O2.C[C@H]1Nc2ccn3ncc(c3n2)C(=O)NCC2(C)Cc3cc(C#N)cc1c3O2. The van der Waals surface area contributed by atoms with Gasteiger partial charge < -0.3 is 46.1 Å². The van der Waals surface area contributed by atoms with Crippen LogP contribution in [0.4, 0.5) is 17.5 Å². The van der Waals surface area contributed by atoms with Gasteiger partial charge >= 0.3 is 0 Å². The average molecular weight is 1180 g/mol. The number of hydrogen-bond acceptors (Lipinski definition) is 17. The van der Waals surface area contributed by atoms with Crippen molar-refractivity contribution in [2.45, 2.75) is 95.7 Å². The van der Waals surface area contributed by atoms with E-state index in [0.29, 0.717) is 94.7 Å². The molecule has 3 unspecified atom stereocenters. The lowest BCUT2D eigenvalue weighted by Crippen LogP contribution is -2.44. The summed E-state index contributed by atoms with van der Waals surface area (Å²) in [5.74, 6) is 3.66. The summed E-state index contributed by atoms with van der Waals surface area (Å²) in [5.41, 5.74) is 8.24. The third-order valence-electron chi connectivity index (χ3n) is 15.7. The maximum absolute atomic E-state index is 12.7. The second-order valence-electron chi connectivity index (χ2n) is 22.6. The number of nitrogens with zero attached hydrogens (tertiary/aromatic N) is 11. The topological polar surface area (TPSA) is 289 Å². The maximum atomic E-state index is 12.7. The Morgan fingerprint density at radius 3 is 1.18 bits per heavy atom. The highest BCUT2D eigenvalue weighted by molar-refractivity contribution is 9.10. The Bertz CT molecular complexity index is 4130. The van der Waals surface area contributed by atoms with Crippen LogP contribution in [-0.2, 0) is 19.3 Å². The highest BCUT2D eigenvalue weighted by Crippen LogP contribution is 2.45. The van der Waals surface area contributed by atoms with E-state index in [1.54, 1.807) is 50.5 Å². The molecule has 9 aromatic rings. The molecule has 0 aliphatic carbocycles. The fraction of sp³-hybridized carbons (Fsp3) is 0.305. The number of aromatic nitrogens is 9. The number of hydrogen-bond donors (Lipinski definition) is 6. The van der Waals surface area contributed by atoms with Crippen molar-refractivity contribution in [2.24, 2.45) is 0 Å².